The van der Waals surface area contributed by atoms with E-state index in [1.54, 1.807) is 0 Å². The van der Waals surface area contributed by atoms with Crippen LogP contribution in [0.5, 0.6) is 0 Å². The molecule has 0 bridgehead atoms. The Kier molecular flexibility index (Phi) is 6.48. The fourth-order valence-corrected chi connectivity index (χ4v) is 0.900. The maximum atomic E-state index is 10.9. The Labute approximate surface area is 78.7 Å². The minimum atomic E-state index is -0.532. The van der Waals surface area contributed by atoms with Crippen molar-refractivity contribution in [3.63, 3.8) is 0 Å². The van der Waals surface area contributed by atoms with Crippen molar-refractivity contribution in [2.24, 2.45) is 0 Å². The molecule has 13 heavy (non-hydrogen) atoms. The van der Waals surface area contributed by atoms with E-state index in [4.69, 9.17) is 0 Å². The molecule has 2 N–H and O–H groups in total. The molecule has 5 heteroatoms. The number of nitrogens with zero attached hydrogens (tertiary/aromatic N) is 1. The molecule has 5 nitrogen and oxygen atoms in total. The highest BCUT2D eigenvalue weighted by Gasteiger charge is 2.07. The number of methoxy groups -OCH3 is 1. The van der Waals surface area contributed by atoms with E-state index in [1.165, 1.54) is 7.11 Å². The molecule has 78 valence electrons. The molecule has 0 rings (SSSR count). The van der Waals surface area contributed by atoms with Crippen molar-refractivity contribution >= 4 is 5.91 Å². The Morgan fingerprint density at radius 3 is 2.69 bits per heavy atom. The number of hydrogen-bond acceptors (Lipinski definition) is 4. The molecular formula is C8H18N2O3. The fraction of sp³-hybridized carbons (Fsp3) is 0.875. The van der Waals surface area contributed by atoms with Gasteiger partial charge in [0.05, 0.1) is 6.10 Å². The summed E-state index contributed by atoms with van der Waals surface area (Å²) in [5.41, 5.74) is 0. The second-order valence-electron chi connectivity index (χ2n) is 3.15. The van der Waals surface area contributed by atoms with Crippen LogP contribution in [0.2, 0.25) is 0 Å². The highest BCUT2D eigenvalue weighted by molar-refractivity contribution is 5.77. The van der Waals surface area contributed by atoms with E-state index in [9.17, 15) is 9.90 Å². The molecule has 0 radical (unpaired) electrons. The number of rotatable bonds is 6. The lowest BCUT2D eigenvalue weighted by atomic mass is 10.3. The number of aliphatic hydroxyl groups is 1. The number of nitrogens with one attached hydrogen (secondary N) is 1. The summed E-state index contributed by atoms with van der Waals surface area (Å²) in [5, 5.41) is 11.9. The third kappa shape index (κ3) is 7.70. The minimum absolute atomic E-state index is 0.0364. The van der Waals surface area contributed by atoms with Crippen molar-refractivity contribution in [1.82, 2.24) is 10.2 Å². The molecule has 0 aliphatic rings. The molecule has 0 saturated carbocycles. The molecule has 1 unspecified atom stereocenters. The third-order valence-corrected chi connectivity index (χ3v) is 1.39. The number of ether oxygens (including phenoxy) is 1. The maximum Gasteiger partial charge on any atom is 0.246 e. The van der Waals surface area contributed by atoms with Crippen LogP contribution in [0.1, 0.15) is 0 Å². The van der Waals surface area contributed by atoms with E-state index in [-0.39, 0.29) is 19.1 Å². The predicted octanol–water partition coefficient (Wildman–Crippen LogP) is -1.33. The summed E-state index contributed by atoms with van der Waals surface area (Å²) >= 11 is 0. The van der Waals surface area contributed by atoms with Crippen molar-refractivity contribution in [1.29, 1.82) is 0 Å². The fourth-order valence-electron chi connectivity index (χ4n) is 0.900. The lowest BCUT2D eigenvalue weighted by Crippen LogP contribution is -2.38. The van der Waals surface area contributed by atoms with Crippen LogP contribution >= 0.6 is 0 Å². The van der Waals surface area contributed by atoms with E-state index in [2.05, 4.69) is 10.1 Å². The molecule has 0 fully saturated rings. The van der Waals surface area contributed by atoms with Gasteiger partial charge in [-0.3, -0.25) is 4.79 Å². The van der Waals surface area contributed by atoms with Gasteiger partial charge < -0.3 is 20.1 Å². The van der Waals surface area contributed by atoms with Crippen LogP contribution in [0.3, 0.4) is 0 Å². The minimum Gasteiger partial charge on any atom is -0.390 e. The van der Waals surface area contributed by atoms with E-state index < -0.39 is 6.10 Å². The highest BCUT2D eigenvalue weighted by atomic mass is 16.5. The normalized spacial score (nSPS) is 13.0. The number of carbonyl (C=O) groups excluding carboxylic acids is 1. The van der Waals surface area contributed by atoms with Crippen LogP contribution in [0.4, 0.5) is 0 Å². The Bertz CT molecular complexity index is 150. The Morgan fingerprint density at radius 2 is 2.23 bits per heavy atom. The molecular weight excluding hydrogens is 172 g/mol. The Morgan fingerprint density at radius 1 is 1.62 bits per heavy atom. The van der Waals surface area contributed by atoms with Gasteiger partial charge in [0.25, 0.3) is 0 Å². The van der Waals surface area contributed by atoms with Gasteiger partial charge in [0, 0.05) is 20.2 Å². The molecule has 1 amide bonds. The smallest absolute Gasteiger partial charge is 0.246 e. The van der Waals surface area contributed by atoms with Gasteiger partial charge in [-0.05, 0) is 14.1 Å². The van der Waals surface area contributed by atoms with Gasteiger partial charge >= 0.3 is 0 Å². The predicted molar refractivity (Wildman–Crippen MR) is 49.4 cm³/mol. The molecule has 0 aliphatic carbocycles. The first-order valence-electron chi connectivity index (χ1n) is 4.14. The van der Waals surface area contributed by atoms with Gasteiger partial charge in [0.1, 0.15) is 6.61 Å². The molecule has 1 atom stereocenters. The second kappa shape index (κ2) is 6.82. The SMILES string of the molecule is COCC(=O)NCC(O)CN(C)C. The van der Waals surface area contributed by atoms with Crippen LogP contribution < -0.4 is 5.32 Å². The Hall–Kier alpha value is -0.650. The quantitative estimate of drug-likeness (QED) is 0.545. The highest BCUT2D eigenvalue weighted by Crippen LogP contribution is 1.83. The van der Waals surface area contributed by atoms with E-state index >= 15 is 0 Å². The van der Waals surface area contributed by atoms with Crippen LogP contribution in [0.25, 0.3) is 0 Å². The van der Waals surface area contributed by atoms with Crippen LogP contribution in [0, 0.1) is 0 Å². The summed E-state index contributed by atoms with van der Waals surface area (Å²) in [4.78, 5) is 12.7. The summed E-state index contributed by atoms with van der Waals surface area (Å²) in [6, 6.07) is 0. The summed E-state index contributed by atoms with van der Waals surface area (Å²) in [5.74, 6) is -0.208. The first-order valence-corrected chi connectivity index (χ1v) is 4.14. The largest absolute Gasteiger partial charge is 0.390 e. The van der Waals surface area contributed by atoms with E-state index in [0.29, 0.717) is 6.54 Å². The number of aliphatic hydroxyl groups excluding tert-OH is 1. The third-order valence-electron chi connectivity index (χ3n) is 1.39. The molecule has 0 aliphatic heterocycles. The van der Waals surface area contributed by atoms with Gasteiger partial charge in [0.15, 0.2) is 0 Å². The van der Waals surface area contributed by atoms with Gasteiger partial charge in [-0.1, -0.05) is 0 Å². The van der Waals surface area contributed by atoms with Crippen molar-refractivity contribution in [3.05, 3.63) is 0 Å². The lowest BCUT2D eigenvalue weighted by molar-refractivity contribution is -0.125. The second-order valence-corrected chi connectivity index (χ2v) is 3.15. The zero-order chi connectivity index (χ0) is 10.3. The van der Waals surface area contributed by atoms with Crippen LogP contribution in [0.15, 0.2) is 0 Å². The topological polar surface area (TPSA) is 61.8 Å². The average molecular weight is 190 g/mol. The summed E-state index contributed by atoms with van der Waals surface area (Å²) in [6.45, 7) is 0.836. The number of likely N-dealkylation sites (N-methyl/N-ethyl adjacent to an activating group) is 1. The zero-order valence-corrected chi connectivity index (χ0v) is 8.41. The van der Waals surface area contributed by atoms with Crippen LogP contribution in [-0.2, 0) is 9.53 Å². The Balaban J connectivity index is 3.45. The monoisotopic (exact) mass is 190 g/mol. The summed E-state index contributed by atoms with van der Waals surface area (Å²) < 4.78 is 4.61. The van der Waals surface area contributed by atoms with Crippen molar-refractivity contribution in [2.45, 2.75) is 6.10 Å². The molecule has 0 spiro atoms. The molecule has 0 heterocycles. The van der Waals surface area contributed by atoms with E-state index in [0.717, 1.165) is 0 Å². The first kappa shape index (κ1) is 12.3. The zero-order valence-electron chi connectivity index (χ0n) is 8.41. The first-order chi connectivity index (χ1) is 6.06. The molecule has 0 aromatic rings. The summed E-state index contributed by atoms with van der Waals surface area (Å²) in [7, 11) is 5.18. The number of hydrogen-bond donors (Lipinski definition) is 2. The molecule has 0 aromatic heterocycles. The van der Waals surface area contributed by atoms with Gasteiger partial charge in [-0.25, -0.2) is 0 Å². The standard InChI is InChI=1S/C8H18N2O3/c1-10(2)5-7(11)4-9-8(12)6-13-3/h7,11H,4-6H2,1-3H3,(H,9,12). The molecule has 0 aromatic carbocycles. The number of carbonyl (C=O) groups is 1. The lowest BCUT2D eigenvalue weighted by Gasteiger charge is -2.16. The van der Waals surface area contributed by atoms with Gasteiger partial charge in [-0.2, -0.15) is 0 Å². The van der Waals surface area contributed by atoms with E-state index in [1.807, 2.05) is 19.0 Å². The van der Waals surface area contributed by atoms with Crippen molar-refractivity contribution in [3.8, 4) is 0 Å². The summed E-state index contributed by atoms with van der Waals surface area (Å²) in [6.07, 6.45) is -0.532. The maximum absolute atomic E-state index is 10.9. The molecule has 0 saturated heterocycles. The van der Waals surface area contributed by atoms with Crippen molar-refractivity contribution in [2.75, 3.05) is 40.9 Å². The van der Waals surface area contributed by atoms with Gasteiger partial charge in [-0.15, -0.1) is 0 Å². The average Bonchev–Trinajstić information content (AvgIpc) is 2.00. The number of amides is 1. The van der Waals surface area contributed by atoms with Gasteiger partial charge in [0.2, 0.25) is 5.91 Å². The van der Waals surface area contributed by atoms with Crippen molar-refractivity contribution < 1.29 is 14.6 Å². The van der Waals surface area contributed by atoms with Crippen LogP contribution in [-0.4, -0.2) is 62.9 Å².